The maximum absolute atomic E-state index is 13.0. The Morgan fingerprint density at radius 3 is 2.62 bits per heavy atom. The zero-order chi connectivity index (χ0) is 18.4. The number of amides is 2. The van der Waals surface area contributed by atoms with Crippen LogP contribution in [0.15, 0.2) is 24.3 Å². The van der Waals surface area contributed by atoms with Gasteiger partial charge in [-0.3, -0.25) is 14.5 Å². The first-order valence-corrected chi connectivity index (χ1v) is 9.15. The summed E-state index contributed by atoms with van der Waals surface area (Å²) >= 11 is 0. The molecule has 138 valence electrons. The Bertz CT molecular complexity index is 702. The number of benzene rings is 1. The summed E-state index contributed by atoms with van der Waals surface area (Å²) in [4.78, 5) is 28.3. The Hall–Kier alpha value is -2.39. The second-order valence-electron chi connectivity index (χ2n) is 6.79. The molecule has 0 bridgehead atoms. The molecule has 2 amide bonds. The summed E-state index contributed by atoms with van der Waals surface area (Å²) < 4.78 is 13.0. The quantitative estimate of drug-likeness (QED) is 0.836. The first kappa shape index (κ1) is 18.4. The molecule has 2 heterocycles. The second-order valence-corrected chi connectivity index (χ2v) is 6.79. The van der Waals surface area contributed by atoms with Gasteiger partial charge in [0.2, 0.25) is 11.8 Å². The van der Waals surface area contributed by atoms with E-state index < -0.39 is 5.92 Å². The van der Waals surface area contributed by atoms with E-state index in [9.17, 15) is 14.0 Å². The van der Waals surface area contributed by atoms with Crippen LogP contribution in [0.25, 0.3) is 0 Å². The predicted octanol–water partition coefficient (Wildman–Crippen LogP) is 1.78. The molecule has 3 rings (SSSR count). The molecule has 26 heavy (non-hydrogen) atoms. The van der Waals surface area contributed by atoms with Gasteiger partial charge in [-0.25, -0.2) is 4.39 Å². The minimum absolute atomic E-state index is 0.118. The lowest BCUT2D eigenvalue weighted by Crippen LogP contribution is -2.33. The highest BCUT2D eigenvalue weighted by molar-refractivity contribution is 6.00. The zero-order valence-corrected chi connectivity index (χ0v) is 14.8. The average Bonchev–Trinajstić information content (AvgIpc) is 3.05. The van der Waals surface area contributed by atoms with E-state index in [1.54, 1.807) is 12.1 Å². The largest absolute Gasteiger partial charge is 0.345 e. The lowest BCUT2D eigenvalue weighted by Gasteiger charge is -2.23. The summed E-state index contributed by atoms with van der Waals surface area (Å²) in [5.41, 5.74) is 0.619. The number of nitrogens with zero attached hydrogens (tertiary/aromatic N) is 2. The Kier molecular flexibility index (Phi) is 6.24. The highest BCUT2D eigenvalue weighted by Crippen LogP contribution is 2.25. The van der Waals surface area contributed by atoms with Crippen LogP contribution in [0.4, 0.5) is 10.1 Å². The Labute approximate surface area is 153 Å². The molecule has 1 unspecified atom stereocenters. The molecule has 2 aliphatic rings. The fourth-order valence-electron chi connectivity index (χ4n) is 3.38. The minimum Gasteiger partial charge on any atom is -0.345 e. The van der Waals surface area contributed by atoms with Crippen molar-refractivity contribution in [2.45, 2.75) is 25.7 Å². The SMILES string of the molecule is O=C(NCC#CCN1CCCCC1)C1CC(=O)N(c2ccc(F)cc2)C1. The monoisotopic (exact) mass is 357 g/mol. The first-order chi connectivity index (χ1) is 12.6. The molecule has 2 fully saturated rings. The molecule has 0 spiro atoms. The normalized spacial score (nSPS) is 20.6. The summed E-state index contributed by atoms with van der Waals surface area (Å²) in [7, 11) is 0. The van der Waals surface area contributed by atoms with E-state index in [0.29, 0.717) is 18.8 Å². The van der Waals surface area contributed by atoms with Gasteiger partial charge in [-0.15, -0.1) is 0 Å². The molecular weight excluding hydrogens is 333 g/mol. The van der Waals surface area contributed by atoms with Crippen LogP contribution in [-0.2, 0) is 9.59 Å². The molecule has 0 radical (unpaired) electrons. The van der Waals surface area contributed by atoms with Crippen molar-refractivity contribution in [1.82, 2.24) is 10.2 Å². The van der Waals surface area contributed by atoms with Gasteiger partial charge in [-0.1, -0.05) is 18.3 Å². The van der Waals surface area contributed by atoms with Crippen molar-refractivity contribution in [3.8, 4) is 11.8 Å². The number of halogens is 1. The van der Waals surface area contributed by atoms with Crippen molar-refractivity contribution in [2.24, 2.45) is 5.92 Å². The molecule has 1 atom stereocenters. The number of hydrogen-bond acceptors (Lipinski definition) is 3. The molecule has 2 aliphatic heterocycles. The third-order valence-corrected chi connectivity index (χ3v) is 4.86. The maximum Gasteiger partial charge on any atom is 0.227 e. The van der Waals surface area contributed by atoms with Crippen molar-refractivity contribution in [2.75, 3.05) is 37.6 Å². The first-order valence-electron chi connectivity index (χ1n) is 9.15. The highest BCUT2D eigenvalue weighted by atomic mass is 19.1. The molecule has 1 aromatic carbocycles. The molecule has 1 N–H and O–H groups in total. The fraction of sp³-hybridized carbons (Fsp3) is 0.500. The molecule has 1 aromatic rings. The molecule has 5 nitrogen and oxygen atoms in total. The van der Waals surface area contributed by atoms with E-state index in [0.717, 1.165) is 19.6 Å². The van der Waals surface area contributed by atoms with Gasteiger partial charge in [0.05, 0.1) is 19.0 Å². The van der Waals surface area contributed by atoms with Gasteiger partial charge >= 0.3 is 0 Å². The molecule has 6 heteroatoms. The van der Waals surface area contributed by atoms with Gasteiger partial charge in [-0.05, 0) is 50.2 Å². The number of carbonyl (C=O) groups excluding carboxylic acids is 2. The van der Waals surface area contributed by atoms with Crippen molar-refractivity contribution < 1.29 is 14.0 Å². The maximum atomic E-state index is 13.0. The standard InChI is InChI=1S/C20H24FN3O2/c21-17-6-8-18(9-7-17)24-15-16(14-19(24)25)20(26)22-10-2-5-13-23-11-3-1-4-12-23/h6-9,16H,1,3-4,10-15H2,(H,22,26). The van der Waals surface area contributed by atoms with Gasteiger partial charge < -0.3 is 10.2 Å². The van der Waals surface area contributed by atoms with Crippen LogP contribution in [-0.4, -0.2) is 49.4 Å². The summed E-state index contributed by atoms with van der Waals surface area (Å²) in [5.74, 6) is 5.07. The van der Waals surface area contributed by atoms with Crippen molar-refractivity contribution in [1.29, 1.82) is 0 Å². The zero-order valence-electron chi connectivity index (χ0n) is 14.8. The minimum atomic E-state index is -0.392. The number of piperidine rings is 1. The van der Waals surface area contributed by atoms with Crippen LogP contribution in [0.3, 0.4) is 0 Å². The molecule has 2 saturated heterocycles. The van der Waals surface area contributed by atoms with Crippen LogP contribution < -0.4 is 10.2 Å². The highest BCUT2D eigenvalue weighted by Gasteiger charge is 2.34. The van der Waals surface area contributed by atoms with E-state index in [4.69, 9.17) is 0 Å². The number of rotatable bonds is 4. The van der Waals surface area contributed by atoms with E-state index in [1.165, 1.54) is 36.3 Å². The lowest BCUT2D eigenvalue weighted by molar-refractivity contribution is -0.126. The van der Waals surface area contributed by atoms with Crippen LogP contribution in [0.1, 0.15) is 25.7 Å². The molecule has 0 saturated carbocycles. The van der Waals surface area contributed by atoms with Crippen LogP contribution in [0.5, 0.6) is 0 Å². The van der Waals surface area contributed by atoms with Gasteiger partial charge in [0.1, 0.15) is 5.82 Å². The topological polar surface area (TPSA) is 52.7 Å². The summed E-state index contributed by atoms with van der Waals surface area (Å²) in [6.45, 7) is 3.57. The third-order valence-electron chi connectivity index (χ3n) is 4.86. The average molecular weight is 357 g/mol. The second kappa shape index (κ2) is 8.81. The molecular formula is C20H24FN3O2. The summed E-state index contributed by atoms with van der Waals surface area (Å²) in [6.07, 6.45) is 3.94. The number of anilines is 1. The van der Waals surface area contributed by atoms with Gasteiger partial charge in [0, 0.05) is 18.7 Å². The number of carbonyl (C=O) groups is 2. The fourth-order valence-corrected chi connectivity index (χ4v) is 3.38. The summed E-state index contributed by atoms with van der Waals surface area (Å²) in [6, 6.07) is 5.74. The van der Waals surface area contributed by atoms with E-state index in [1.807, 2.05) is 0 Å². The van der Waals surface area contributed by atoms with Gasteiger partial charge in [-0.2, -0.15) is 0 Å². The molecule has 0 aromatic heterocycles. The lowest BCUT2D eigenvalue weighted by atomic mass is 10.1. The van der Waals surface area contributed by atoms with Crippen molar-refractivity contribution >= 4 is 17.5 Å². The van der Waals surface area contributed by atoms with E-state index in [-0.39, 0.29) is 24.1 Å². The Balaban J connectivity index is 1.44. The van der Waals surface area contributed by atoms with Crippen molar-refractivity contribution in [3.05, 3.63) is 30.1 Å². The Morgan fingerprint density at radius 2 is 1.88 bits per heavy atom. The third kappa shape index (κ3) is 4.83. The van der Waals surface area contributed by atoms with Crippen LogP contribution in [0.2, 0.25) is 0 Å². The number of nitrogens with one attached hydrogen (secondary N) is 1. The number of likely N-dealkylation sites (tertiary alicyclic amines) is 1. The van der Waals surface area contributed by atoms with Crippen LogP contribution in [0, 0.1) is 23.6 Å². The van der Waals surface area contributed by atoms with E-state index in [2.05, 4.69) is 22.1 Å². The van der Waals surface area contributed by atoms with Gasteiger partial charge in [0.15, 0.2) is 0 Å². The number of hydrogen-bond donors (Lipinski definition) is 1. The van der Waals surface area contributed by atoms with Crippen LogP contribution >= 0.6 is 0 Å². The predicted molar refractivity (Wildman–Crippen MR) is 97.9 cm³/mol. The Morgan fingerprint density at radius 1 is 1.15 bits per heavy atom. The molecule has 0 aliphatic carbocycles. The smallest absolute Gasteiger partial charge is 0.227 e. The van der Waals surface area contributed by atoms with Crippen molar-refractivity contribution in [3.63, 3.8) is 0 Å². The summed E-state index contributed by atoms with van der Waals surface area (Å²) in [5, 5.41) is 2.79. The van der Waals surface area contributed by atoms with E-state index >= 15 is 0 Å². The van der Waals surface area contributed by atoms with Gasteiger partial charge in [0.25, 0.3) is 0 Å².